The van der Waals surface area contributed by atoms with Crippen LogP contribution < -0.4 is 5.32 Å². The van der Waals surface area contributed by atoms with Gasteiger partial charge in [0, 0.05) is 12.4 Å². The first kappa shape index (κ1) is 11.8. The van der Waals surface area contributed by atoms with Crippen molar-refractivity contribution >= 4 is 16.7 Å². The average Bonchev–Trinajstić information content (AvgIpc) is 2.91. The molecule has 0 amide bonds. The van der Waals surface area contributed by atoms with Gasteiger partial charge in [-0.3, -0.25) is 0 Å². The molecule has 98 valence electrons. The number of aromatic nitrogens is 2. The smallest absolute Gasteiger partial charge is 0.157 e. The van der Waals surface area contributed by atoms with Gasteiger partial charge in [-0.1, -0.05) is 12.1 Å². The number of benzene rings is 1. The summed E-state index contributed by atoms with van der Waals surface area (Å²) < 4.78 is 7.82. The third kappa shape index (κ3) is 2.10. The van der Waals surface area contributed by atoms with Crippen LogP contribution in [0.2, 0.25) is 0 Å². The van der Waals surface area contributed by atoms with E-state index in [4.69, 9.17) is 4.42 Å². The van der Waals surface area contributed by atoms with Crippen LogP contribution in [0.1, 0.15) is 17.3 Å². The topological polar surface area (TPSA) is 43.0 Å². The van der Waals surface area contributed by atoms with Gasteiger partial charge < -0.3 is 14.3 Å². The fourth-order valence-electron chi connectivity index (χ4n) is 2.23. The molecule has 3 aromatic rings. The highest BCUT2D eigenvalue weighted by Gasteiger charge is 2.07. The molecule has 0 saturated carbocycles. The van der Waals surface area contributed by atoms with E-state index < -0.39 is 0 Å². The van der Waals surface area contributed by atoms with Gasteiger partial charge in [0.15, 0.2) is 5.58 Å². The summed E-state index contributed by atoms with van der Waals surface area (Å²) in [5.41, 5.74) is 3.08. The summed E-state index contributed by atoms with van der Waals surface area (Å²) in [5, 5.41) is 4.55. The third-order valence-corrected chi connectivity index (χ3v) is 3.44. The number of nitrogens with zero attached hydrogens (tertiary/aromatic N) is 2. The second-order valence-electron chi connectivity index (χ2n) is 4.79. The van der Waals surface area contributed by atoms with E-state index in [0.717, 1.165) is 40.5 Å². The Morgan fingerprint density at radius 3 is 2.89 bits per heavy atom. The summed E-state index contributed by atoms with van der Waals surface area (Å²) in [7, 11) is 2.02. The average molecular weight is 255 g/mol. The van der Waals surface area contributed by atoms with Crippen molar-refractivity contribution < 1.29 is 4.42 Å². The number of fused-ring (bicyclic) bond motifs is 1. The Balaban J connectivity index is 1.87. The van der Waals surface area contributed by atoms with E-state index >= 15 is 0 Å². The van der Waals surface area contributed by atoms with Gasteiger partial charge in [0.05, 0.1) is 24.1 Å². The maximum absolute atomic E-state index is 5.74. The Labute approximate surface area is 112 Å². The van der Waals surface area contributed by atoms with Crippen molar-refractivity contribution in [1.82, 2.24) is 9.55 Å². The van der Waals surface area contributed by atoms with Crippen molar-refractivity contribution in [3.63, 3.8) is 0 Å². The summed E-state index contributed by atoms with van der Waals surface area (Å²) in [6.45, 7) is 4.70. The number of para-hydroxylation sites is 1. The number of furan rings is 1. The van der Waals surface area contributed by atoms with Gasteiger partial charge in [-0.25, -0.2) is 4.98 Å². The fourth-order valence-corrected chi connectivity index (χ4v) is 2.23. The van der Waals surface area contributed by atoms with E-state index in [0.29, 0.717) is 0 Å². The standard InChI is InChI=1S/C15H17N3O/c1-10-7-12-5-4-6-14(15(12)19-10)17-9-13-8-16-11(2)18(13)3/h4-8,17H,9H2,1-3H3. The number of hydrogen-bond donors (Lipinski definition) is 1. The van der Waals surface area contributed by atoms with Crippen molar-refractivity contribution in [3.8, 4) is 0 Å². The van der Waals surface area contributed by atoms with Crippen LogP contribution in [0, 0.1) is 13.8 Å². The molecule has 2 heterocycles. The molecule has 0 aliphatic rings. The molecule has 4 nitrogen and oxygen atoms in total. The molecule has 0 aliphatic heterocycles. The number of rotatable bonds is 3. The van der Waals surface area contributed by atoms with E-state index in [1.165, 1.54) is 0 Å². The van der Waals surface area contributed by atoms with Crippen LogP contribution >= 0.6 is 0 Å². The molecule has 1 N–H and O–H groups in total. The zero-order chi connectivity index (χ0) is 13.4. The van der Waals surface area contributed by atoms with Crippen LogP contribution in [0.15, 0.2) is 34.9 Å². The lowest BCUT2D eigenvalue weighted by molar-refractivity contribution is 0.579. The number of hydrogen-bond acceptors (Lipinski definition) is 3. The minimum Gasteiger partial charge on any atom is -0.459 e. The van der Waals surface area contributed by atoms with Crippen LogP contribution in [0.5, 0.6) is 0 Å². The summed E-state index contributed by atoms with van der Waals surface area (Å²) in [4.78, 5) is 4.29. The summed E-state index contributed by atoms with van der Waals surface area (Å²) in [6, 6.07) is 8.18. The Kier molecular flexibility index (Phi) is 2.78. The van der Waals surface area contributed by atoms with Gasteiger partial charge in [-0.05, 0) is 26.0 Å². The predicted octanol–water partition coefficient (Wildman–Crippen LogP) is 3.40. The van der Waals surface area contributed by atoms with Crippen molar-refractivity contribution in [2.24, 2.45) is 7.05 Å². The lowest BCUT2D eigenvalue weighted by Crippen LogP contribution is -2.05. The first-order chi connectivity index (χ1) is 9.15. The SMILES string of the molecule is Cc1cc2cccc(NCc3cnc(C)n3C)c2o1. The predicted molar refractivity (Wildman–Crippen MR) is 76.2 cm³/mol. The zero-order valence-electron chi connectivity index (χ0n) is 11.4. The zero-order valence-corrected chi connectivity index (χ0v) is 11.4. The molecule has 0 atom stereocenters. The van der Waals surface area contributed by atoms with Gasteiger partial charge in [0.2, 0.25) is 0 Å². The Bertz CT molecular complexity index is 724. The van der Waals surface area contributed by atoms with Crippen LogP contribution in [-0.4, -0.2) is 9.55 Å². The van der Waals surface area contributed by atoms with Crippen molar-refractivity contribution in [2.45, 2.75) is 20.4 Å². The molecule has 2 aromatic heterocycles. The van der Waals surface area contributed by atoms with Crippen molar-refractivity contribution in [2.75, 3.05) is 5.32 Å². The number of aryl methyl sites for hydroxylation is 2. The Morgan fingerprint density at radius 1 is 1.32 bits per heavy atom. The molecule has 4 heteroatoms. The minimum absolute atomic E-state index is 0.732. The molecule has 0 aliphatic carbocycles. The van der Waals surface area contributed by atoms with Gasteiger partial charge in [-0.2, -0.15) is 0 Å². The van der Waals surface area contributed by atoms with Crippen molar-refractivity contribution in [3.05, 3.63) is 47.7 Å². The molecule has 3 rings (SSSR count). The van der Waals surface area contributed by atoms with E-state index in [1.807, 2.05) is 39.2 Å². The highest BCUT2D eigenvalue weighted by atomic mass is 16.3. The monoisotopic (exact) mass is 255 g/mol. The molecular formula is C15H17N3O. The minimum atomic E-state index is 0.732. The normalized spacial score (nSPS) is 11.1. The highest BCUT2D eigenvalue weighted by Crippen LogP contribution is 2.26. The molecule has 0 saturated heterocycles. The molecule has 1 aromatic carbocycles. The van der Waals surface area contributed by atoms with Crippen LogP contribution in [0.25, 0.3) is 11.0 Å². The van der Waals surface area contributed by atoms with Gasteiger partial charge in [0.1, 0.15) is 11.6 Å². The summed E-state index contributed by atoms with van der Waals surface area (Å²) >= 11 is 0. The largest absolute Gasteiger partial charge is 0.459 e. The van der Waals surface area contributed by atoms with E-state index in [2.05, 4.69) is 27.0 Å². The van der Waals surface area contributed by atoms with Crippen molar-refractivity contribution in [1.29, 1.82) is 0 Å². The maximum atomic E-state index is 5.74. The molecule has 0 bridgehead atoms. The second-order valence-corrected chi connectivity index (χ2v) is 4.79. The Morgan fingerprint density at radius 2 is 2.16 bits per heavy atom. The lowest BCUT2D eigenvalue weighted by atomic mass is 10.2. The van der Waals surface area contributed by atoms with Gasteiger partial charge in [0.25, 0.3) is 0 Å². The molecule has 0 fully saturated rings. The van der Waals surface area contributed by atoms with Crippen LogP contribution in [0.3, 0.4) is 0 Å². The number of imidazole rings is 1. The fraction of sp³-hybridized carbons (Fsp3) is 0.267. The lowest BCUT2D eigenvalue weighted by Gasteiger charge is -2.08. The summed E-state index contributed by atoms with van der Waals surface area (Å²) in [6.07, 6.45) is 1.90. The second kappa shape index (κ2) is 4.46. The first-order valence-electron chi connectivity index (χ1n) is 6.35. The van der Waals surface area contributed by atoms with Crippen LogP contribution in [0.4, 0.5) is 5.69 Å². The number of anilines is 1. The first-order valence-corrected chi connectivity index (χ1v) is 6.35. The van der Waals surface area contributed by atoms with E-state index in [-0.39, 0.29) is 0 Å². The number of nitrogens with one attached hydrogen (secondary N) is 1. The van der Waals surface area contributed by atoms with E-state index in [1.54, 1.807) is 0 Å². The van der Waals surface area contributed by atoms with Crippen LogP contribution in [-0.2, 0) is 13.6 Å². The molecule has 0 spiro atoms. The summed E-state index contributed by atoms with van der Waals surface area (Å²) in [5.74, 6) is 1.95. The molecular weight excluding hydrogens is 238 g/mol. The van der Waals surface area contributed by atoms with E-state index in [9.17, 15) is 0 Å². The Hall–Kier alpha value is -2.23. The quantitative estimate of drug-likeness (QED) is 0.780. The molecule has 0 unspecified atom stereocenters. The highest BCUT2D eigenvalue weighted by molar-refractivity contribution is 5.89. The molecule has 19 heavy (non-hydrogen) atoms. The maximum Gasteiger partial charge on any atom is 0.157 e. The third-order valence-electron chi connectivity index (χ3n) is 3.44. The molecule has 0 radical (unpaired) electrons. The van der Waals surface area contributed by atoms with Gasteiger partial charge in [-0.15, -0.1) is 0 Å². The van der Waals surface area contributed by atoms with Gasteiger partial charge >= 0.3 is 0 Å².